The lowest BCUT2D eigenvalue weighted by Crippen LogP contribution is -2.47. The minimum Gasteiger partial charge on any atom is -0.481 e. The van der Waals surface area contributed by atoms with Crippen LogP contribution in [0, 0.1) is 11.8 Å². The zero-order chi connectivity index (χ0) is 23.4. The van der Waals surface area contributed by atoms with E-state index in [9.17, 15) is 19.5 Å². The van der Waals surface area contributed by atoms with Gasteiger partial charge in [-0.2, -0.15) is 0 Å². The minimum absolute atomic E-state index is 0.0495. The number of hydrogen-bond donors (Lipinski definition) is 3. The number of fused-ring (bicyclic) bond motifs is 3. The summed E-state index contributed by atoms with van der Waals surface area (Å²) in [6.07, 6.45) is 2.65. The average molecular weight is 451 g/mol. The van der Waals surface area contributed by atoms with Crippen LogP contribution in [-0.2, 0) is 14.3 Å². The van der Waals surface area contributed by atoms with Gasteiger partial charge in [-0.3, -0.25) is 9.59 Å². The van der Waals surface area contributed by atoms with Gasteiger partial charge in [0.05, 0.1) is 5.92 Å². The first-order valence-corrected chi connectivity index (χ1v) is 11.6. The monoisotopic (exact) mass is 450 g/mol. The molecule has 3 N–H and O–H groups in total. The first-order chi connectivity index (χ1) is 16.0. The summed E-state index contributed by atoms with van der Waals surface area (Å²) in [5.41, 5.74) is 4.55. The molecular formula is C26H30N2O5. The Hall–Kier alpha value is -3.35. The van der Waals surface area contributed by atoms with Crippen LogP contribution in [0.3, 0.4) is 0 Å². The van der Waals surface area contributed by atoms with Crippen LogP contribution in [0.15, 0.2) is 48.5 Å². The number of nitrogens with one attached hydrogen (secondary N) is 2. The molecule has 2 aromatic rings. The van der Waals surface area contributed by atoms with Crippen molar-refractivity contribution in [3.05, 3.63) is 59.7 Å². The molecule has 0 unspecified atom stereocenters. The Labute approximate surface area is 193 Å². The molecule has 0 heterocycles. The fourth-order valence-corrected chi connectivity index (χ4v) is 5.04. The molecule has 0 aliphatic heterocycles. The molecule has 4 rings (SSSR count). The number of benzene rings is 2. The van der Waals surface area contributed by atoms with Gasteiger partial charge in [0.15, 0.2) is 0 Å². The van der Waals surface area contributed by atoms with Gasteiger partial charge in [0, 0.05) is 12.5 Å². The van der Waals surface area contributed by atoms with Gasteiger partial charge < -0.3 is 20.5 Å². The van der Waals surface area contributed by atoms with E-state index in [-0.39, 0.29) is 24.3 Å². The molecule has 0 spiro atoms. The summed E-state index contributed by atoms with van der Waals surface area (Å²) in [4.78, 5) is 36.3. The first kappa shape index (κ1) is 22.8. The van der Waals surface area contributed by atoms with E-state index in [1.807, 2.05) is 36.4 Å². The number of carbonyl (C=O) groups excluding carboxylic acids is 2. The third kappa shape index (κ3) is 5.02. The van der Waals surface area contributed by atoms with Crippen molar-refractivity contribution >= 4 is 18.0 Å². The molecule has 2 aromatic carbocycles. The number of amides is 2. The molecule has 1 fully saturated rings. The molecule has 0 radical (unpaired) electrons. The van der Waals surface area contributed by atoms with Gasteiger partial charge >= 0.3 is 12.1 Å². The van der Waals surface area contributed by atoms with Crippen LogP contribution >= 0.6 is 0 Å². The van der Waals surface area contributed by atoms with Crippen molar-refractivity contribution in [2.45, 2.75) is 44.6 Å². The number of carboxylic acid groups (broad SMARTS) is 1. The van der Waals surface area contributed by atoms with Crippen LogP contribution in [0.25, 0.3) is 11.1 Å². The lowest BCUT2D eigenvalue weighted by molar-refractivity contribution is -0.145. The van der Waals surface area contributed by atoms with Crippen LogP contribution < -0.4 is 10.6 Å². The maximum atomic E-state index is 12.5. The molecular weight excluding hydrogens is 420 g/mol. The average Bonchev–Trinajstić information content (AvgIpc) is 3.15. The van der Waals surface area contributed by atoms with Crippen LogP contribution in [-0.4, -0.2) is 42.3 Å². The van der Waals surface area contributed by atoms with Crippen molar-refractivity contribution in [1.82, 2.24) is 10.6 Å². The summed E-state index contributed by atoms with van der Waals surface area (Å²) in [5.74, 6) is -1.71. The van der Waals surface area contributed by atoms with E-state index < -0.39 is 24.0 Å². The van der Waals surface area contributed by atoms with Gasteiger partial charge in [-0.1, -0.05) is 61.4 Å². The number of aliphatic carboxylic acids is 1. The Morgan fingerprint density at radius 1 is 1.00 bits per heavy atom. The van der Waals surface area contributed by atoms with Crippen molar-refractivity contribution in [3.63, 3.8) is 0 Å². The van der Waals surface area contributed by atoms with E-state index >= 15 is 0 Å². The van der Waals surface area contributed by atoms with Gasteiger partial charge in [0.2, 0.25) is 5.91 Å². The highest BCUT2D eigenvalue weighted by Gasteiger charge is 2.32. The summed E-state index contributed by atoms with van der Waals surface area (Å²) in [5, 5.41) is 14.8. The summed E-state index contributed by atoms with van der Waals surface area (Å²) >= 11 is 0. The second-order valence-electron chi connectivity index (χ2n) is 8.93. The molecule has 7 nitrogen and oxygen atoms in total. The van der Waals surface area contributed by atoms with E-state index in [4.69, 9.17) is 4.74 Å². The maximum Gasteiger partial charge on any atom is 0.407 e. The molecule has 174 valence electrons. The predicted molar refractivity (Wildman–Crippen MR) is 124 cm³/mol. The first-order valence-electron chi connectivity index (χ1n) is 11.6. The van der Waals surface area contributed by atoms with Crippen LogP contribution in [0.5, 0.6) is 0 Å². The molecule has 2 aliphatic rings. The molecule has 2 amide bonds. The normalized spacial score (nSPS) is 20.3. The van der Waals surface area contributed by atoms with Crippen LogP contribution in [0.1, 0.15) is 49.7 Å². The maximum absolute atomic E-state index is 12.5. The highest BCUT2D eigenvalue weighted by atomic mass is 16.5. The lowest BCUT2D eigenvalue weighted by atomic mass is 9.79. The summed E-state index contributed by atoms with van der Waals surface area (Å²) in [6, 6.07) is 15.4. The van der Waals surface area contributed by atoms with Gasteiger partial charge in [-0.05, 0) is 47.9 Å². The Morgan fingerprint density at radius 2 is 1.61 bits per heavy atom. The van der Waals surface area contributed by atoms with Crippen molar-refractivity contribution in [2.24, 2.45) is 11.8 Å². The quantitative estimate of drug-likeness (QED) is 0.593. The molecule has 1 saturated carbocycles. The third-order valence-electron chi connectivity index (χ3n) is 6.84. The summed E-state index contributed by atoms with van der Waals surface area (Å²) < 4.78 is 5.50. The Balaban J connectivity index is 1.28. The van der Waals surface area contributed by atoms with Crippen molar-refractivity contribution in [2.75, 3.05) is 13.2 Å². The Bertz CT molecular complexity index is 991. The van der Waals surface area contributed by atoms with Crippen LogP contribution in [0.4, 0.5) is 4.79 Å². The van der Waals surface area contributed by atoms with Gasteiger partial charge in [-0.15, -0.1) is 0 Å². The van der Waals surface area contributed by atoms with E-state index in [2.05, 4.69) is 22.8 Å². The number of carboxylic acids is 1. The van der Waals surface area contributed by atoms with Crippen molar-refractivity contribution in [1.29, 1.82) is 0 Å². The second kappa shape index (κ2) is 10.1. The number of carbonyl (C=O) groups is 3. The minimum atomic E-state index is -0.807. The zero-order valence-electron chi connectivity index (χ0n) is 18.8. The van der Waals surface area contributed by atoms with Crippen molar-refractivity contribution < 1.29 is 24.2 Å². The number of ether oxygens (including phenoxy) is 1. The van der Waals surface area contributed by atoms with Crippen molar-refractivity contribution in [3.8, 4) is 11.1 Å². The third-order valence-corrected chi connectivity index (χ3v) is 6.84. The summed E-state index contributed by atoms with van der Waals surface area (Å²) in [7, 11) is 0. The second-order valence-corrected chi connectivity index (χ2v) is 8.93. The SMILES string of the molecule is C[C@@H](NC(=O)OCC1c2ccccc2-c2ccccc21)C(=O)NC[C@H]1CCCC[C@H]1C(=O)O. The highest BCUT2D eigenvalue weighted by molar-refractivity contribution is 5.85. The van der Waals surface area contributed by atoms with Crippen LogP contribution in [0.2, 0.25) is 0 Å². The molecule has 0 aromatic heterocycles. The van der Waals surface area contributed by atoms with Gasteiger partial charge in [0.1, 0.15) is 12.6 Å². The summed E-state index contributed by atoms with van der Waals surface area (Å²) in [6.45, 7) is 2.06. The molecule has 3 atom stereocenters. The number of hydrogen-bond acceptors (Lipinski definition) is 4. The molecule has 0 saturated heterocycles. The number of rotatable bonds is 7. The van der Waals surface area contributed by atoms with Gasteiger partial charge in [-0.25, -0.2) is 4.79 Å². The lowest BCUT2D eigenvalue weighted by Gasteiger charge is -2.29. The molecule has 0 bridgehead atoms. The molecule has 33 heavy (non-hydrogen) atoms. The topological polar surface area (TPSA) is 105 Å². The molecule has 7 heteroatoms. The van der Waals surface area contributed by atoms with E-state index in [1.54, 1.807) is 6.92 Å². The number of alkyl carbamates (subject to hydrolysis) is 1. The fourth-order valence-electron chi connectivity index (χ4n) is 5.04. The standard InChI is InChI=1S/C26H30N2O5/c1-16(24(29)27-14-17-8-2-3-9-18(17)25(30)31)28-26(32)33-15-23-21-12-6-4-10-19(21)20-11-5-7-13-22(20)23/h4-7,10-13,16-18,23H,2-3,8-9,14-15H2,1H3,(H,27,29)(H,28,32)(H,30,31)/t16-,17-,18-/m1/s1. The molecule has 2 aliphatic carbocycles. The highest BCUT2D eigenvalue weighted by Crippen LogP contribution is 2.44. The van der Waals surface area contributed by atoms with E-state index in [0.29, 0.717) is 13.0 Å². The largest absolute Gasteiger partial charge is 0.481 e. The Morgan fingerprint density at radius 3 is 2.24 bits per heavy atom. The smallest absolute Gasteiger partial charge is 0.407 e. The predicted octanol–water partition coefficient (Wildman–Crippen LogP) is 3.92. The fraction of sp³-hybridized carbons (Fsp3) is 0.423. The van der Waals surface area contributed by atoms with Gasteiger partial charge in [0.25, 0.3) is 0 Å². The van der Waals surface area contributed by atoms with E-state index in [0.717, 1.165) is 41.5 Å². The van der Waals surface area contributed by atoms with E-state index in [1.165, 1.54) is 0 Å². The zero-order valence-corrected chi connectivity index (χ0v) is 18.8. The Kier molecular flexibility index (Phi) is 6.96.